The molecule has 29 heavy (non-hydrogen) atoms. The summed E-state index contributed by atoms with van der Waals surface area (Å²) < 4.78 is 32.4. The van der Waals surface area contributed by atoms with Crippen molar-refractivity contribution in [3.63, 3.8) is 0 Å². The first-order valence-corrected chi connectivity index (χ1v) is 11.3. The van der Waals surface area contributed by atoms with E-state index < -0.39 is 22.1 Å². The van der Waals surface area contributed by atoms with Crippen molar-refractivity contribution in [3.05, 3.63) is 42.5 Å². The Morgan fingerprint density at radius 1 is 1.10 bits per heavy atom. The molecular formula is C21H26N2O5S. The molecule has 0 heterocycles. The molecule has 0 aromatic heterocycles. The van der Waals surface area contributed by atoms with Gasteiger partial charge in [0.2, 0.25) is 10.0 Å². The summed E-state index contributed by atoms with van der Waals surface area (Å²) in [4.78, 5) is 24.1. The number of fused-ring (bicyclic) bond motifs is 1. The number of benzene rings is 2. The quantitative estimate of drug-likeness (QED) is 0.642. The fourth-order valence-corrected chi connectivity index (χ4v) is 4.47. The fourth-order valence-electron chi connectivity index (χ4n) is 3.40. The van der Waals surface area contributed by atoms with Crippen LogP contribution in [-0.4, -0.2) is 39.0 Å². The molecule has 1 atom stereocenters. The number of carbonyl (C=O) groups excluding carboxylic acids is 2. The lowest BCUT2D eigenvalue weighted by Gasteiger charge is -2.17. The van der Waals surface area contributed by atoms with Crippen molar-refractivity contribution in [2.24, 2.45) is 0 Å². The molecule has 1 amide bonds. The van der Waals surface area contributed by atoms with E-state index in [-0.39, 0.29) is 29.8 Å². The van der Waals surface area contributed by atoms with E-state index in [9.17, 15) is 18.0 Å². The molecule has 156 valence electrons. The molecule has 2 aromatic rings. The predicted molar refractivity (Wildman–Crippen MR) is 110 cm³/mol. The minimum absolute atomic E-state index is 0.106. The Labute approximate surface area is 170 Å². The number of ether oxygens (including phenoxy) is 1. The van der Waals surface area contributed by atoms with E-state index in [1.807, 2.05) is 24.3 Å². The lowest BCUT2D eigenvalue weighted by molar-refractivity contribution is -0.154. The Balaban J connectivity index is 1.47. The third-order valence-corrected chi connectivity index (χ3v) is 6.49. The van der Waals surface area contributed by atoms with Crippen molar-refractivity contribution in [2.75, 3.05) is 6.54 Å². The van der Waals surface area contributed by atoms with E-state index in [2.05, 4.69) is 10.0 Å². The highest BCUT2D eigenvalue weighted by atomic mass is 32.2. The van der Waals surface area contributed by atoms with Gasteiger partial charge in [0.25, 0.3) is 5.91 Å². The number of hydrogen-bond acceptors (Lipinski definition) is 5. The first kappa shape index (κ1) is 21.3. The molecule has 1 aliphatic rings. The van der Waals surface area contributed by atoms with Gasteiger partial charge in [0, 0.05) is 12.6 Å². The Hall–Kier alpha value is -2.45. The van der Waals surface area contributed by atoms with Crippen LogP contribution in [-0.2, 0) is 24.3 Å². The highest BCUT2D eigenvalue weighted by Gasteiger charge is 2.23. The lowest BCUT2D eigenvalue weighted by atomic mass is 10.1. The van der Waals surface area contributed by atoms with E-state index in [1.54, 1.807) is 12.1 Å². The zero-order chi connectivity index (χ0) is 20.9. The second-order valence-corrected chi connectivity index (χ2v) is 9.05. The molecule has 0 spiro atoms. The summed E-state index contributed by atoms with van der Waals surface area (Å²) in [6, 6.07) is 12.5. The molecule has 0 radical (unpaired) electrons. The zero-order valence-electron chi connectivity index (χ0n) is 16.4. The monoisotopic (exact) mass is 418 g/mol. The van der Waals surface area contributed by atoms with Crippen molar-refractivity contribution >= 4 is 32.7 Å². The minimum Gasteiger partial charge on any atom is -0.453 e. The topological polar surface area (TPSA) is 102 Å². The molecule has 1 fully saturated rings. The van der Waals surface area contributed by atoms with Crippen LogP contribution >= 0.6 is 0 Å². The highest BCUT2D eigenvalue weighted by Crippen LogP contribution is 2.19. The molecule has 1 unspecified atom stereocenters. The van der Waals surface area contributed by atoms with Crippen LogP contribution in [0.4, 0.5) is 0 Å². The largest absolute Gasteiger partial charge is 0.453 e. The summed E-state index contributed by atoms with van der Waals surface area (Å²) >= 11 is 0. The lowest BCUT2D eigenvalue weighted by Crippen LogP contribution is -2.41. The summed E-state index contributed by atoms with van der Waals surface area (Å²) in [5, 5.41) is 4.63. The number of nitrogens with one attached hydrogen (secondary N) is 2. The number of esters is 1. The van der Waals surface area contributed by atoms with Crippen LogP contribution in [0.1, 0.15) is 39.0 Å². The van der Waals surface area contributed by atoms with Crippen LogP contribution in [0.2, 0.25) is 0 Å². The van der Waals surface area contributed by atoms with Gasteiger partial charge in [0.1, 0.15) is 0 Å². The average Bonchev–Trinajstić information content (AvgIpc) is 3.20. The van der Waals surface area contributed by atoms with E-state index >= 15 is 0 Å². The van der Waals surface area contributed by atoms with Crippen molar-refractivity contribution < 1.29 is 22.7 Å². The van der Waals surface area contributed by atoms with Crippen LogP contribution in [0.5, 0.6) is 0 Å². The highest BCUT2D eigenvalue weighted by molar-refractivity contribution is 7.89. The minimum atomic E-state index is -3.75. The third kappa shape index (κ3) is 5.77. The molecule has 8 heteroatoms. The van der Waals surface area contributed by atoms with E-state index in [4.69, 9.17) is 4.74 Å². The van der Waals surface area contributed by atoms with Crippen LogP contribution in [0.3, 0.4) is 0 Å². The van der Waals surface area contributed by atoms with Crippen LogP contribution in [0.15, 0.2) is 47.4 Å². The first-order chi connectivity index (χ1) is 13.8. The van der Waals surface area contributed by atoms with Crippen molar-refractivity contribution in [1.82, 2.24) is 10.0 Å². The smallest absolute Gasteiger partial charge is 0.307 e. The number of carbonyl (C=O) groups is 2. The SMILES string of the molecule is CC(OC(=O)CCNS(=O)(=O)c1ccc2ccccc2c1)C(=O)NC1CCCC1. The predicted octanol–water partition coefficient (Wildman–Crippen LogP) is 2.50. The molecule has 7 nitrogen and oxygen atoms in total. The summed E-state index contributed by atoms with van der Waals surface area (Å²) in [5.41, 5.74) is 0. The molecule has 3 rings (SSSR count). The molecule has 0 bridgehead atoms. The van der Waals surface area contributed by atoms with Gasteiger partial charge in [-0.25, -0.2) is 13.1 Å². The summed E-state index contributed by atoms with van der Waals surface area (Å²) in [6.07, 6.45) is 3.02. The van der Waals surface area contributed by atoms with E-state index in [1.165, 1.54) is 13.0 Å². The molecule has 2 N–H and O–H groups in total. The Morgan fingerprint density at radius 3 is 2.52 bits per heavy atom. The van der Waals surface area contributed by atoms with E-state index in [0.29, 0.717) is 0 Å². The van der Waals surface area contributed by atoms with Crippen molar-refractivity contribution in [1.29, 1.82) is 0 Å². The Bertz CT molecular complexity index is 983. The fraction of sp³-hybridized carbons (Fsp3) is 0.429. The summed E-state index contributed by atoms with van der Waals surface area (Å²) in [7, 11) is -3.75. The van der Waals surface area contributed by atoms with Crippen LogP contribution in [0, 0.1) is 0 Å². The van der Waals surface area contributed by atoms with Crippen LogP contribution in [0.25, 0.3) is 10.8 Å². The van der Waals surface area contributed by atoms with Gasteiger partial charge in [-0.1, -0.05) is 43.2 Å². The Kier molecular flexibility index (Phi) is 6.87. The third-order valence-electron chi connectivity index (χ3n) is 5.03. The van der Waals surface area contributed by atoms with Crippen molar-refractivity contribution in [3.8, 4) is 0 Å². The number of amides is 1. The van der Waals surface area contributed by atoms with Gasteiger partial charge >= 0.3 is 5.97 Å². The van der Waals surface area contributed by atoms with Crippen LogP contribution < -0.4 is 10.0 Å². The second kappa shape index (κ2) is 9.37. The maximum Gasteiger partial charge on any atom is 0.307 e. The molecule has 0 aliphatic heterocycles. The summed E-state index contributed by atoms with van der Waals surface area (Å²) in [6.45, 7) is 1.41. The maximum atomic E-state index is 12.5. The molecular weight excluding hydrogens is 392 g/mol. The number of rotatable bonds is 8. The normalized spacial score (nSPS) is 15.9. The van der Waals surface area contributed by atoms with Gasteiger partial charge in [-0.15, -0.1) is 0 Å². The number of sulfonamides is 1. The van der Waals surface area contributed by atoms with Gasteiger partial charge in [0.15, 0.2) is 6.10 Å². The van der Waals surface area contributed by atoms with Gasteiger partial charge in [0.05, 0.1) is 11.3 Å². The standard InChI is InChI=1S/C21H26N2O5S/c1-15(21(25)23-18-8-4-5-9-18)28-20(24)12-13-22-29(26,27)19-11-10-16-6-2-3-7-17(16)14-19/h2-3,6-7,10-11,14-15,18,22H,4-5,8-9,12-13H2,1H3,(H,23,25). The summed E-state index contributed by atoms with van der Waals surface area (Å²) in [5.74, 6) is -0.942. The van der Waals surface area contributed by atoms with Gasteiger partial charge in [-0.2, -0.15) is 0 Å². The Morgan fingerprint density at radius 2 is 1.79 bits per heavy atom. The zero-order valence-corrected chi connectivity index (χ0v) is 17.2. The van der Waals surface area contributed by atoms with Gasteiger partial charge < -0.3 is 10.1 Å². The van der Waals surface area contributed by atoms with Gasteiger partial charge in [-0.05, 0) is 42.7 Å². The molecule has 1 saturated carbocycles. The van der Waals surface area contributed by atoms with Gasteiger partial charge in [-0.3, -0.25) is 9.59 Å². The molecule has 2 aromatic carbocycles. The average molecular weight is 419 g/mol. The maximum absolute atomic E-state index is 12.5. The number of hydrogen-bond donors (Lipinski definition) is 2. The van der Waals surface area contributed by atoms with Crippen molar-refractivity contribution in [2.45, 2.75) is 56.1 Å². The van der Waals surface area contributed by atoms with E-state index in [0.717, 1.165) is 36.5 Å². The first-order valence-electron chi connectivity index (χ1n) is 9.83. The second-order valence-electron chi connectivity index (χ2n) is 7.28. The molecule has 1 aliphatic carbocycles. The molecule has 0 saturated heterocycles.